The van der Waals surface area contributed by atoms with Crippen molar-refractivity contribution in [3.8, 4) is 6.07 Å². The van der Waals surface area contributed by atoms with Crippen LogP contribution >= 0.6 is 0 Å². The first-order chi connectivity index (χ1) is 11.6. The molecule has 1 aromatic heterocycles. The Hall–Kier alpha value is -2.58. The third-order valence-corrected chi connectivity index (χ3v) is 4.76. The maximum Gasteiger partial charge on any atom is 0.240 e. The predicted octanol–water partition coefficient (Wildman–Crippen LogP) is 2.27. The van der Waals surface area contributed by atoms with Gasteiger partial charge in [0.1, 0.15) is 11.8 Å². The molecule has 0 spiro atoms. The lowest BCUT2D eigenvalue weighted by Crippen LogP contribution is -2.41. The molecule has 1 aliphatic heterocycles. The van der Waals surface area contributed by atoms with E-state index < -0.39 is 0 Å². The zero-order valence-electron chi connectivity index (χ0n) is 14.2. The van der Waals surface area contributed by atoms with Crippen molar-refractivity contribution in [3.63, 3.8) is 0 Å². The smallest absolute Gasteiger partial charge is 0.240 e. The number of para-hydroxylation sites is 1. The summed E-state index contributed by atoms with van der Waals surface area (Å²) in [5, 5.41) is 12.3. The zero-order chi connectivity index (χ0) is 17.1. The maximum atomic E-state index is 12.6. The summed E-state index contributed by atoms with van der Waals surface area (Å²) in [5.74, 6) is 0.0937. The minimum atomic E-state index is 0.0937. The molecule has 3 rings (SSSR count). The molecule has 124 valence electrons. The number of rotatable bonds is 4. The quantitative estimate of drug-likeness (QED) is 0.939. The second-order valence-electron chi connectivity index (χ2n) is 6.19. The Labute approximate surface area is 142 Å². The summed E-state index contributed by atoms with van der Waals surface area (Å²) in [6, 6.07) is 12.2. The lowest BCUT2D eigenvalue weighted by atomic mass is 10.0. The fraction of sp³-hybridized carbons (Fsp3) is 0.368. The molecule has 0 unspecified atom stereocenters. The summed E-state index contributed by atoms with van der Waals surface area (Å²) in [5.41, 5.74) is 5.03. The predicted molar refractivity (Wildman–Crippen MR) is 93.7 cm³/mol. The summed E-state index contributed by atoms with van der Waals surface area (Å²) in [6.45, 7) is 3.65. The lowest BCUT2D eigenvalue weighted by Gasteiger charge is -2.29. The number of nitrogens with zero attached hydrogens (tertiary/aromatic N) is 3. The Morgan fingerprint density at radius 2 is 2.17 bits per heavy atom. The van der Waals surface area contributed by atoms with Crippen molar-refractivity contribution in [1.82, 2.24) is 9.88 Å². The van der Waals surface area contributed by atoms with Gasteiger partial charge in [-0.05, 0) is 43.0 Å². The maximum absolute atomic E-state index is 12.6. The Morgan fingerprint density at radius 1 is 1.38 bits per heavy atom. The van der Waals surface area contributed by atoms with E-state index >= 15 is 0 Å². The normalized spacial score (nSPS) is 13.5. The summed E-state index contributed by atoms with van der Waals surface area (Å²) in [6.07, 6.45) is 2.04. The van der Waals surface area contributed by atoms with Gasteiger partial charge in [0.2, 0.25) is 5.91 Å². The van der Waals surface area contributed by atoms with Gasteiger partial charge < -0.3 is 14.8 Å². The van der Waals surface area contributed by atoms with Crippen molar-refractivity contribution in [2.75, 3.05) is 18.0 Å². The standard InChI is InChI=1S/C19H22N4O/c1-14-16(10-17(11-20)22(14)2)12-21-13-19(24)23-9-5-7-15-6-3-4-8-18(15)23/h3-4,6,8,10,21H,5,7,9,12-13H2,1-2H3. The molecule has 2 aromatic rings. The van der Waals surface area contributed by atoms with Gasteiger partial charge in [0, 0.05) is 31.5 Å². The monoisotopic (exact) mass is 322 g/mol. The van der Waals surface area contributed by atoms with E-state index in [4.69, 9.17) is 5.26 Å². The largest absolute Gasteiger partial charge is 0.340 e. The van der Waals surface area contributed by atoms with Crippen LogP contribution < -0.4 is 10.2 Å². The van der Waals surface area contributed by atoms with Crippen LogP contribution in [-0.2, 0) is 24.8 Å². The van der Waals surface area contributed by atoms with Crippen LogP contribution in [0.3, 0.4) is 0 Å². The number of aromatic nitrogens is 1. The fourth-order valence-corrected chi connectivity index (χ4v) is 3.24. The SMILES string of the molecule is Cc1c(CNCC(=O)N2CCCc3ccccc32)cc(C#N)n1C. The van der Waals surface area contributed by atoms with Crippen molar-refractivity contribution >= 4 is 11.6 Å². The molecular formula is C19H22N4O. The van der Waals surface area contributed by atoms with Crippen LogP contribution in [0, 0.1) is 18.3 Å². The van der Waals surface area contributed by atoms with E-state index in [0.717, 1.165) is 36.3 Å². The van der Waals surface area contributed by atoms with Crippen LogP contribution in [0.25, 0.3) is 0 Å². The molecule has 0 bridgehead atoms. The van der Waals surface area contributed by atoms with Gasteiger partial charge in [-0.25, -0.2) is 0 Å². The molecule has 0 saturated carbocycles. The van der Waals surface area contributed by atoms with Crippen molar-refractivity contribution in [1.29, 1.82) is 5.26 Å². The molecule has 1 aliphatic rings. The van der Waals surface area contributed by atoms with E-state index in [1.54, 1.807) is 0 Å². The topological polar surface area (TPSA) is 61.1 Å². The molecule has 1 amide bonds. The first-order valence-corrected chi connectivity index (χ1v) is 8.26. The molecule has 1 N–H and O–H groups in total. The van der Waals surface area contributed by atoms with Crippen LogP contribution in [0.1, 0.15) is 28.9 Å². The number of aryl methyl sites for hydroxylation is 1. The van der Waals surface area contributed by atoms with Crippen LogP contribution in [0.15, 0.2) is 30.3 Å². The number of amides is 1. The van der Waals surface area contributed by atoms with Gasteiger partial charge in [-0.15, -0.1) is 0 Å². The number of anilines is 1. The Morgan fingerprint density at radius 3 is 2.92 bits per heavy atom. The lowest BCUT2D eigenvalue weighted by molar-refractivity contribution is -0.117. The van der Waals surface area contributed by atoms with Crippen molar-refractivity contribution in [2.45, 2.75) is 26.3 Å². The average molecular weight is 322 g/mol. The molecule has 0 fully saturated rings. The average Bonchev–Trinajstić information content (AvgIpc) is 2.89. The second-order valence-corrected chi connectivity index (χ2v) is 6.19. The molecule has 24 heavy (non-hydrogen) atoms. The Kier molecular flexibility index (Phi) is 4.68. The number of nitriles is 1. The van der Waals surface area contributed by atoms with Crippen LogP contribution in [0.2, 0.25) is 0 Å². The molecule has 0 saturated heterocycles. The van der Waals surface area contributed by atoms with Gasteiger partial charge in [0.25, 0.3) is 0 Å². The first-order valence-electron chi connectivity index (χ1n) is 8.26. The minimum absolute atomic E-state index is 0.0937. The van der Waals surface area contributed by atoms with E-state index in [9.17, 15) is 4.79 Å². The summed E-state index contributed by atoms with van der Waals surface area (Å²) in [4.78, 5) is 14.4. The van der Waals surface area contributed by atoms with Gasteiger partial charge >= 0.3 is 0 Å². The molecule has 0 aliphatic carbocycles. The summed E-state index contributed by atoms with van der Waals surface area (Å²) in [7, 11) is 1.88. The fourth-order valence-electron chi connectivity index (χ4n) is 3.24. The molecule has 1 aromatic carbocycles. The van der Waals surface area contributed by atoms with E-state index in [2.05, 4.69) is 17.5 Å². The molecule has 5 nitrogen and oxygen atoms in total. The van der Waals surface area contributed by atoms with Crippen LogP contribution in [-0.4, -0.2) is 23.6 Å². The third-order valence-electron chi connectivity index (χ3n) is 4.76. The van der Waals surface area contributed by atoms with Gasteiger partial charge in [0.15, 0.2) is 0 Å². The molecule has 5 heteroatoms. The number of hydrogen-bond donors (Lipinski definition) is 1. The van der Waals surface area contributed by atoms with Gasteiger partial charge in [-0.1, -0.05) is 18.2 Å². The molecule has 0 radical (unpaired) electrons. The summed E-state index contributed by atoms with van der Waals surface area (Å²) < 4.78 is 1.87. The molecule has 2 heterocycles. The van der Waals surface area contributed by atoms with E-state index in [-0.39, 0.29) is 5.91 Å². The van der Waals surface area contributed by atoms with Crippen molar-refractivity contribution in [2.24, 2.45) is 7.05 Å². The Bertz CT molecular complexity index is 800. The molecule has 0 atom stereocenters. The number of carbonyl (C=O) groups excluding carboxylic acids is 1. The van der Waals surface area contributed by atoms with Crippen LogP contribution in [0.4, 0.5) is 5.69 Å². The minimum Gasteiger partial charge on any atom is -0.340 e. The van der Waals surface area contributed by atoms with E-state index in [1.165, 1.54) is 5.56 Å². The van der Waals surface area contributed by atoms with E-state index in [0.29, 0.717) is 18.8 Å². The highest BCUT2D eigenvalue weighted by atomic mass is 16.2. The van der Waals surface area contributed by atoms with Gasteiger partial charge in [-0.2, -0.15) is 5.26 Å². The highest BCUT2D eigenvalue weighted by Crippen LogP contribution is 2.26. The first kappa shape index (κ1) is 16.3. The number of fused-ring (bicyclic) bond motifs is 1. The van der Waals surface area contributed by atoms with Crippen molar-refractivity contribution < 1.29 is 4.79 Å². The summed E-state index contributed by atoms with van der Waals surface area (Å²) >= 11 is 0. The number of hydrogen-bond acceptors (Lipinski definition) is 3. The molecular weight excluding hydrogens is 300 g/mol. The van der Waals surface area contributed by atoms with Crippen LogP contribution in [0.5, 0.6) is 0 Å². The van der Waals surface area contributed by atoms with Gasteiger partial charge in [0.05, 0.1) is 6.54 Å². The number of benzene rings is 1. The van der Waals surface area contributed by atoms with Gasteiger partial charge in [-0.3, -0.25) is 4.79 Å². The zero-order valence-corrected chi connectivity index (χ0v) is 14.2. The third kappa shape index (κ3) is 3.06. The van der Waals surface area contributed by atoms with E-state index in [1.807, 2.05) is 47.7 Å². The highest BCUT2D eigenvalue weighted by molar-refractivity contribution is 5.95. The number of nitrogens with one attached hydrogen (secondary N) is 1. The highest BCUT2D eigenvalue weighted by Gasteiger charge is 2.21. The number of carbonyl (C=O) groups is 1. The second kappa shape index (κ2) is 6.90. The Balaban J connectivity index is 1.62. The van der Waals surface area contributed by atoms with Crippen molar-refractivity contribution in [3.05, 3.63) is 52.8 Å².